The van der Waals surface area contributed by atoms with Gasteiger partial charge in [0.15, 0.2) is 5.76 Å². The first-order valence-electron chi connectivity index (χ1n) is 8.10. The molecule has 0 aliphatic heterocycles. The van der Waals surface area contributed by atoms with E-state index in [9.17, 15) is 4.79 Å². The van der Waals surface area contributed by atoms with Crippen LogP contribution >= 0.6 is 11.6 Å². The lowest BCUT2D eigenvalue weighted by Gasteiger charge is -2.11. The number of hydrogen-bond donors (Lipinski definition) is 0. The fourth-order valence-electron chi connectivity index (χ4n) is 2.78. The molecule has 4 rings (SSSR count). The summed E-state index contributed by atoms with van der Waals surface area (Å²) >= 11 is 6.02. The van der Waals surface area contributed by atoms with Gasteiger partial charge in [0.25, 0.3) is 0 Å². The van der Waals surface area contributed by atoms with E-state index < -0.39 is 0 Å². The summed E-state index contributed by atoms with van der Waals surface area (Å²) in [5.41, 5.74) is 2.08. The lowest BCUT2D eigenvalue weighted by molar-refractivity contribution is 0.296. The van der Waals surface area contributed by atoms with Gasteiger partial charge in [-0.25, -0.2) is 0 Å². The molecule has 0 unspecified atom stereocenters. The predicted molar refractivity (Wildman–Crippen MR) is 101 cm³/mol. The average molecular weight is 367 g/mol. The van der Waals surface area contributed by atoms with E-state index >= 15 is 0 Å². The number of fused-ring (bicyclic) bond motifs is 1. The molecule has 0 aliphatic carbocycles. The lowest BCUT2D eigenvalue weighted by atomic mass is 10.1. The number of halogens is 1. The van der Waals surface area contributed by atoms with Crippen LogP contribution < -0.4 is 10.2 Å². The van der Waals surface area contributed by atoms with Crippen molar-refractivity contribution in [1.29, 1.82) is 0 Å². The third kappa shape index (κ3) is 3.11. The van der Waals surface area contributed by atoms with Crippen LogP contribution in [0.15, 0.2) is 74.5 Å². The second-order valence-corrected chi connectivity index (χ2v) is 6.42. The maximum atomic E-state index is 13.0. The molecule has 0 bridgehead atoms. The Hall–Kier alpha value is -2.98. The molecule has 4 nitrogen and oxygen atoms in total. The highest BCUT2D eigenvalue weighted by Crippen LogP contribution is 2.32. The maximum Gasteiger partial charge on any atom is 0.235 e. The first-order chi connectivity index (χ1) is 12.6. The second kappa shape index (κ2) is 6.73. The third-order valence-electron chi connectivity index (χ3n) is 4.02. The van der Waals surface area contributed by atoms with Crippen LogP contribution in [-0.2, 0) is 6.61 Å². The van der Waals surface area contributed by atoms with Crippen molar-refractivity contribution < 1.29 is 13.6 Å². The largest absolute Gasteiger partial charge is 0.481 e. The molecule has 0 saturated carbocycles. The summed E-state index contributed by atoms with van der Waals surface area (Å²) in [5, 5.41) is 1.08. The van der Waals surface area contributed by atoms with Crippen molar-refractivity contribution in [2.75, 3.05) is 0 Å². The summed E-state index contributed by atoms with van der Waals surface area (Å²) in [7, 11) is 0. The van der Waals surface area contributed by atoms with Gasteiger partial charge < -0.3 is 13.6 Å². The van der Waals surface area contributed by atoms with E-state index in [2.05, 4.69) is 0 Å². The monoisotopic (exact) mass is 366 g/mol. The minimum Gasteiger partial charge on any atom is -0.481 e. The number of benzene rings is 2. The minimum absolute atomic E-state index is 0.123. The van der Waals surface area contributed by atoms with Gasteiger partial charge in [-0.3, -0.25) is 4.79 Å². The molecule has 0 radical (unpaired) electrons. The zero-order valence-corrected chi connectivity index (χ0v) is 14.7. The zero-order chi connectivity index (χ0) is 18.1. The predicted octanol–water partition coefficient (Wildman–Crippen LogP) is 5.59. The Kier molecular flexibility index (Phi) is 4.27. The molecule has 4 aromatic rings. The smallest absolute Gasteiger partial charge is 0.235 e. The molecule has 26 heavy (non-hydrogen) atoms. The Morgan fingerprint density at radius 3 is 2.73 bits per heavy atom. The molecule has 2 heterocycles. The van der Waals surface area contributed by atoms with Gasteiger partial charge >= 0.3 is 0 Å². The standard InChI is InChI=1S/C21H15ClO4/c1-13-7-8-17-16(10-13)19(23)21(20(26-17)18-6-3-9-24-18)25-12-14-4-2-5-15(22)11-14/h2-11H,12H2,1H3. The lowest BCUT2D eigenvalue weighted by Crippen LogP contribution is -2.10. The molecule has 0 amide bonds. The summed E-state index contributed by atoms with van der Waals surface area (Å²) in [6.45, 7) is 2.11. The third-order valence-corrected chi connectivity index (χ3v) is 4.26. The van der Waals surface area contributed by atoms with E-state index in [1.165, 1.54) is 6.26 Å². The van der Waals surface area contributed by atoms with Gasteiger partial charge in [0.2, 0.25) is 16.9 Å². The highest BCUT2D eigenvalue weighted by atomic mass is 35.5. The fraction of sp³-hybridized carbons (Fsp3) is 0.0952. The summed E-state index contributed by atoms with van der Waals surface area (Å²) in [5.74, 6) is 0.835. The van der Waals surface area contributed by atoms with E-state index in [0.717, 1.165) is 11.1 Å². The van der Waals surface area contributed by atoms with Gasteiger partial charge in [-0.15, -0.1) is 0 Å². The Balaban J connectivity index is 1.84. The van der Waals surface area contributed by atoms with E-state index in [4.69, 9.17) is 25.2 Å². The zero-order valence-electron chi connectivity index (χ0n) is 14.0. The average Bonchev–Trinajstić information content (AvgIpc) is 3.16. The summed E-state index contributed by atoms with van der Waals surface area (Å²) in [4.78, 5) is 13.0. The van der Waals surface area contributed by atoms with Crippen LogP contribution in [0, 0.1) is 6.92 Å². The number of furan rings is 1. The highest BCUT2D eigenvalue weighted by Gasteiger charge is 2.20. The van der Waals surface area contributed by atoms with Crippen molar-refractivity contribution in [2.24, 2.45) is 0 Å². The molecule has 0 saturated heterocycles. The van der Waals surface area contributed by atoms with Crippen molar-refractivity contribution in [1.82, 2.24) is 0 Å². The van der Waals surface area contributed by atoms with Crippen LogP contribution in [0.25, 0.3) is 22.5 Å². The Morgan fingerprint density at radius 2 is 1.96 bits per heavy atom. The molecule has 0 spiro atoms. The normalized spacial score (nSPS) is 11.0. The van der Waals surface area contributed by atoms with Gasteiger partial charge in [-0.1, -0.05) is 35.4 Å². The van der Waals surface area contributed by atoms with Crippen LogP contribution in [0.1, 0.15) is 11.1 Å². The van der Waals surface area contributed by atoms with Crippen molar-refractivity contribution in [2.45, 2.75) is 13.5 Å². The molecule has 0 aliphatic rings. The second-order valence-electron chi connectivity index (χ2n) is 5.98. The van der Waals surface area contributed by atoms with E-state index in [1.807, 2.05) is 25.1 Å². The van der Waals surface area contributed by atoms with Crippen LogP contribution in [-0.4, -0.2) is 0 Å². The molecular weight excluding hydrogens is 352 g/mol. The first kappa shape index (κ1) is 16.5. The fourth-order valence-corrected chi connectivity index (χ4v) is 2.99. The van der Waals surface area contributed by atoms with Gasteiger partial charge in [-0.2, -0.15) is 0 Å². The Morgan fingerprint density at radius 1 is 1.08 bits per heavy atom. The van der Waals surface area contributed by atoms with Crippen LogP contribution in [0.2, 0.25) is 5.02 Å². The first-order valence-corrected chi connectivity index (χ1v) is 8.48. The minimum atomic E-state index is -0.233. The molecule has 0 fully saturated rings. The molecule has 2 aromatic carbocycles. The highest BCUT2D eigenvalue weighted by molar-refractivity contribution is 6.30. The van der Waals surface area contributed by atoms with E-state index in [0.29, 0.717) is 21.8 Å². The van der Waals surface area contributed by atoms with Crippen molar-refractivity contribution in [3.63, 3.8) is 0 Å². The van der Waals surface area contributed by atoms with Crippen molar-refractivity contribution in [3.05, 3.63) is 87.2 Å². The topological polar surface area (TPSA) is 52.6 Å². The summed E-state index contributed by atoms with van der Waals surface area (Å²) in [6, 6.07) is 16.2. The number of rotatable bonds is 4. The van der Waals surface area contributed by atoms with Crippen LogP contribution in [0.4, 0.5) is 0 Å². The number of ether oxygens (including phenoxy) is 1. The van der Waals surface area contributed by atoms with Crippen molar-refractivity contribution >= 4 is 22.6 Å². The SMILES string of the molecule is Cc1ccc2oc(-c3ccco3)c(OCc3cccc(Cl)c3)c(=O)c2c1. The maximum absolute atomic E-state index is 13.0. The summed E-state index contributed by atoms with van der Waals surface area (Å²) in [6.07, 6.45) is 1.52. The van der Waals surface area contributed by atoms with E-state index in [1.54, 1.807) is 36.4 Å². The molecule has 5 heteroatoms. The van der Waals surface area contributed by atoms with Gasteiger partial charge in [0.1, 0.15) is 12.2 Å². The molecule has 0 atom stereocenters. The van der Waals surface area contributed by atoms with Gasteiger partial charge in [0, 0.05) is 5.02 Å². The number of hydrogen-bond acceptors (Lipinski definition) is 4. The van der Waals surface area contributed by atoms with Crippen LogP contribution in [0.5, 0.6) is 5.75 Å². The van der Waals surface area contributed by atoms with E-state index in [-0.39, 0.29) is 23.5 Å². The van der Waals surface area contributed by atoms with Crippen molar-refractivity contribution in [3.8, 4) is 17.3 Å². The van der Waals surface area contributed by atoms with Crippen LogP contribution in [0.3, 0.4) is 0 Å². The molecule has 0 N–H and O–H groups in total. The Bertz CT molecular complexity index is 1130. The quantitative estimate of drug-likeness (QED) is 0.472. The summed E-state index contributed by atoms with van der Waals surface area (Å²) < 4.78 is 17.2. The molecule has 130 valence electrons. The molecule has 2 aromatic heterocycles. The Labute approximate surface area is 154 Å². The van der Waals surface area contributed by atoms with Gasteiger partial charge in [0.05, 0.1) is 11.6 Å². The number of aryl methyl sites for hydroxylation is 1. The van der Waals surface area contributed by atoms with Gasteiger partial charge in [-0.05, 0) is 48.9 Å². The molecular formula is C21H15ClO4.